The van der Waals surface area contributed by atoms with Gasteiger partial charge in [-0.05, 0) is 51.5 Å². The van der Waals surface area contributed by atoms with Gasteiger partial charge < -0.3 is 10.2 Å². The Bertz CT molecular complexity index is 280. The highest BCUT2D eigenvalue weighted by Gasteiger charge is 2.25. The molecule has 3 nitrogen and oxygen atoms in total. The summed E-state index contributed by atoms with van der Waals surface area (Å²) in [5.74, 6) is 1.30. The standard InChI is InChI=1S/C16H30N2O/c1-17-14-9-11-15(12-10-14)18(2)16(19)8-4-7-13-5-3-6-13/h13-15,17H,3-12H2,1-2H3. The van der Waals surface area contributed by atoms with Crippen molar-refractivity contribution in [3.63, 3.8) is 0 Å². The summed E-state index contributed by atoms with van der Waals surface area (Å²) >= 11 is 0. The Morgan fingerprint density at radius 1 is 1.16 bits per heavy atom. The fourth-order valence-electron chi connectivity index (χ4n) is 3.46. The van der Waals surface area contributed by atoms with Crippen LogP contribution >= 0.6 is 0 Å². The summed E-state index contributed by atoms with van der Waals surface area (Å²) < 4.78 is 0. The third-order valence-corrected chi connectivity index (χ3v) is 5.27. The lowest BCUT2D eigenvalue weighted by Crippen LogP contribution is -2.42. The molecule has 0 aromatic heterocycles. The van der Waals surface area contributed by atoms with E-state index in [0.29, 0.717) is 18.0 Å². The van der Waals surface area contributed by atoms with Crippen LogP contribution in [0.3, 0.4) is 0 Å². The summed E-state index contributed by atoms with van der Waals surface area (Å²) in [6, 6.07) is 1.15. The third kappa shape index (κ3) is 4.20. The molecule has 2 aliphatic carbocycles. The highest BCUT2D eigenvalue weighted by Crippen LogP contribution is 2.31. The number of carbonyl (C=O) groups excluding carboxylic acids is 1. The maximum atomic E-state index is 12.2. The van der Waals surface area contributed by atoms with E-state index in [1.54, 1.807) is 0 Å². The zero-order valence-electron chi connectivity index (χ0n) is 12.7. The normalized spacial score (nSPS) is 27.9. The van der Waals surface area contributed by atoms with Crippen LogP contribution in [-0.4, -0.2) is 37.0 Å². The quantitative estimate of drug-likeness (QED) is 0.801. The minimum Gasteiger partial charge on any atom is -0.343 e. The smallest absolute Gasteiger partial charge is 0.222 e. The molecule has 1 N–H and O–H groups in total. The molecule has 19 heavy (non-hydrogen) atoms. The van der Waals surface area contributed by atoms with Gasteiger partial charge in [-0.2, -0.15) is 0 Å². The van der Waals surface area contributed by atoms with E-state index in [0.717, 1.165) is 31.6 Å². The van der Waals surface area contributed by atoms with Gasteiger partial charge in [-0.3, -0.25) is 4.79 Å². The van der Waals surface area contributed by atoms with Crippen molar-refractivity contribution in [2.24, 2.45) is 5.92 Å². The molecule has 2 fully saturated rings. The maximum absolute atomic E-state index is 12.2. The molecule has 0 bridgehead atoms. The topological polar surface area (TPSA) is 32.3 Å². The maximum Gasteiger partial charge on any atom is 0.222 e. The average molecular weight is 266 g/mol. The van der Waals surface area contributed by atoms with Crippen molar-refractivity contribution in [1.82, 2.24) is 10.2 Å². The molecule has 0 saturated heterocycles. The molecule has 0 aliphatic heterocycles. The van der Waals surface area contributed by atoms with Gasteiger partial charge in [0.05, 0.1) is 0 Å². The van der Waals surface area contributed by atoms with Crippen LogP contribution in [-0.2, 0) is 4.79 Å². The number of nitrogens with one attached hydrogen (secondary N) is 1. The van der Waals surface area contributed by atoms with Crippen molar-refractivity contribution in [2.45, 2.75) is 76.3 Å². The van der Waals surface area contributed by atoms with Gasteiger partial charge in [0.15, 0.2) is 0 Å². The Hall–Kier alpha value is -0.570. The highest BCUT2D eigenvalue weighted by atomic mass is 16.2. The fourth-order valence-corrected chi connectivity index (χ4v) is 3.46. The second-order valence-corrected chi connectivity index (χ2v) is 6.49. The summed E-state index contributed by atoms with van der Waals surface area (Å²) in [5.41, 5.74) is 0. The SMILES string of the molecule is CNC1CCC(N(C)C(=O)CCCC2CCC2)CC1. The van der Waals surface area contributed by atoms with E-state index in [2.05, 4.69) is 5.32 Å². The molecule has 2 rings (SSSR count). The van der Waals surface area contributed by atoms with Gasteiger partial charge in [-0.15, -0.1) is 0 Å². The first-order valence-electron chi connectivity index (χ1n) is 8.13. The van der Waals surface area contributed by atoms with Gasteiger partial charge in [-0.25, -0.2) is 0 Å². The predicted octanol–water partition coefficient (Wildman–Crippen LogP) is 2.95. The molecule has 1 amide bonds. The third-order valence-electron chi connectivity index (χ3n) is 5.27. The highest BCUT2D eigenvalue weighted by molar-refractivity contribution is 5.76. The van der Waals surface area contributed by atoms with E-state index in [4.69, 9.17) is 0 Å². The second kappa shape index (κ2) is 7.28. The number of rotatable bonds is 6. The summed E-state index contributed by atoms with van der Waals surface area (Å²) in [7, 11) is 4.05. The van der Waals surface area contributed by atoms with Gasteiger partial charge in [0.2, 0.25) is 5.91 Å². The van der Waals surface area contributed by atoms with Crippen LogP contribution in [0, 0.1) is 5.92 Å². The molecule has 0 aromatic carbocycles. The number of hydrogen-bond donors (Lipinski definition) is 1. The van der Waals surface area contributed by atoms with Crippen molar-refractivity contribution < 1.29 is 4.79 Å². The first-order chi connectivity index (χ1) is 9.20. The second-order valence-electron chi connectivity index (χ2n) is 6.49. The van der Waals surface area contributed by atoms with E-state index < -0.39 is 0 Å². The van der Waals surface area contributed by atoms with Gasteiger partial charge in [0, 0.05) is 25.6 Å². The number of carbonyl (C=O) groups is 1. The van der Waals surface area contributed by atoms with Crippen LogP contribution in [0.4, 0.5) is 0 Å². The van der Waals surface area contributed by atoms with E-state index in [9.17, 15) is 4.79 Å². The van der Waals surface area contributed by atoms with Crippen molar-refractivity contribution >= 4 is 5.91 Å². The van der Waals surface area contributed by atoms with Crippen LogP contribution in [0.2, 0.25) is 0 Å². The Morgan fingerprint density at radius 2 is 1.84 bits per heavy atom. The molecular weight excluding hydrogens is 236 g/mol. The molecule has 2 saturated carbocycles. The zero-order valence-corrected chi connectivity index (χ0v) is 12.7. The molecule has 0 radical (unpaired) electrons. The van der Waals surface area contributed by atoms with Crippen LogP contribution < -0.4 is 5.32 Å². The molecule has 110 valence electrons. The molecule has 0 unspecified atom stereocenters. The molecular formula is C16H30N2O. The lowest BCUT2D eigenvalue weighted by atomic mass is 9.82. The van der Waals surface area contributed by atoms with E-state index in [1.807, 2.05) is 19.0 Å². The fraction of sp³-hybridized carbons (Fsp3) is 0.938. The monoisotopic (exact) mass is 266 g/mol. The van der Waals surface area contributed by atoms with Gasteiger partial charge >= 0.3 is 0 Å². The lowest BCUT2D eigenvalue weighted by molar-refractivity contribution is -0.132. The van der Waals surface area contributed by atoms with E-state index in [1.165, 1.54) is 38.5 Å². The molecule has 3 heteroatoms. The number of hydrogen-bond acceptors (Lipinski definition) is 2. The lowest BCUT2D eigenvalue weighted by Gasteiger charge is -2.35. The average Bonchev–Trinajstić information content (AvgIpc) is 2.40. The molecule has 0 spiro atoms. The van der Waals surface area contributed by atoms with Crippen molar-refractivity contribution in [3.8, 4) is 0 Å². The number of amides is 1. The van der Waals surface area contributed by atoms with E-state index in [-0.39, 0.29) is 0 Å². The molecule has 0 heterocycles. The van der Waals surface area contributed by atoms with E-state index >= 15 is 0 Å². The summed E-state index contributed by atoms with van der Waals surface area (Å²) in [5, 5.41) is 3.35. The summed E-state index contributed by atoms with van der Waals surface area (Å²) in [6.45, 7) is 0. The van der Waals surface area contributed by atoms with Crippen LogP contribution in [0.15, 0.2) is 0 Å². The number of nitrogens with zero attached hydrogens (tertiary/aromatic N) is 1. The van der Waals surface area contributed by atoms with Gasteiger partial charge in [-0.1, -0.05) is 19.3 Å². The Balaban J connectivity index is 1.63. The Kier molecular flexibility index (Phi) is 5.68. The van der Waals surface area contributed by atoms with Crippen molar-refractivity contribution in [1.29, 1.82) is 0 Å². The first kappa shape index (κ1) is 14.8. The van der Waals surface area contributed by atoms with Crippen molar-refractivity contribution in [2.75, 3.05) is 14.1 Å². The largest absolute Gasteiger partial charge is 0.343 e. The summed E-state index contributed by atoms with van der Waals surface area (Å²) in [6.07, 6.45) is 12.1. The summed E-state index contributed by atoms with van der Waals surface area (Å²) in [4.78, 5) is 14.2. The van der Waals surface area contributed by atoms with Crippen LogP contribution in [0.5, 0.6) is 0 Å². The molecule has 2 aliphatic rings. The van der Waals surface area contributed by atoms with Gasteiger partial charge in [0.1, 0.15) is 0 Å². The minimum atomic E-state index is 0.368. The Labute approximate surface area is 118 Å². The molecule has 0 atom stereocenters. The Morgan fingerprint density at radius 3 is 2.37 bits per heavy atom. The predicted molar refractivity (Wildman–Crippen MR) is 79.1 cm³/mol. The van der Waals surface area contributed by atoms with Crippen molar-refractivity contribution in [3.05, 3.63) is 0 Å². The van der Waals surface area contributed by atoms with Crippen LogP contribution in [0.1, 0.15) is 64.2 Å². The minimum absolute atomic E-state index is 0.368. The molecule has 0 aromatic rings. The van der Waals surface area contributed by atoms with Crippen LogP contribution in [0.25, 0.3) is 0 Å². The van der Waals surface area contributed by atoms with Gasteiger partial charge in [0.25, 0.3) is 0 Å². The zero-order chi connectivity index (χ0) is 13.7. The first-order valence-corrected chi connectivity index (χ1v) is 8.13.